The first-order valence-electron chi connectivity index (χ1n) is 6.21. The number of aromatic nitrogens is 2. The van der Waals surface area contributed by atoms with Crippen molar-refractivity contribution in [1.29, 1.82) is 0 Å². The maximum absolute atomic E-state index is 11.5. The Kier molecular flexibility index (Phi) is 3.65. The quantitative estimate of drug-likeness (QED) is 0.792. The third-order valence-electron chi connectivity index (χ3n) is 3.47. The van der Waals surface area contributed by atoms with Crippen LogP contribution in [-0.4, -0.2) is 54.5 Å². The Bertz CT molecular complexity index is 716. The molecule has 0 spiro atoms. The highest BCUT2D eigenvalue weighted by atomic mass is 35.5. The number of anilines is 1. The summed E-state index contributed by atoms with van der Waals surface area (Å²) in [5.74, 6) is 1.26. The minimum Gasteiger partial charge on any atom is -0.352 e. The summed E-state index contributed by atoms with van der Waals surface area (Å²) in [5.41, 5.74) is 0.968. The van der Waals surface area contributed by atoms with Crippen LogP contribution >= 0.6 is 22.9 Å². The number of imidazole rings is 1. The highest BCUT2D eigenvalue weighted by molar-refractivity contribution is 7.88. The second kappa shape index (κ2) is 5.18. The average Bonchev–Trinajstić information content (AvgIpc) is 2.97. The van der Waals surface area contributed by atoms with Crippen LogP contribution in [0.1, 0.15) is 5.69 Å². The molecule has 0 saturated carbocycles. The van der Waals surface area contributed by atoms with Crippen LogP contribution in [0.15, 0.2) is 11.6 Å². The minimum atomic E-state index is -3.10. The molecule has 0 amide bonds. The number of nitrogens with zero attached hydrogens (tertiary/aromatic N) is 4. The molecule has 0 atom stereocenters. The molecule has 1 fully saturated rings. The van der Waals surface area contributed by atoms with Gasteiger partial charge in [-0.15, -0.1) is 22.9 Å². The fraction of sp³-hybridized carbons (Fsp3) is 0.545. The molecule has 0 N–H and O–H groups in total. The van der Waals surface area contributed by atoms with Crippen LogP contribution in [0.2, 0.25) is 0 Å². The lowest BCUT2D eigenvalue weighted by molar-refractivity contribution is 0.387. The van der Waals surface area contributed by atoms with E-state index in [9.17, 15) is 8.42 Å². The smallest absolute Gasteiger partial charge is 0.211 e. The predicted molar refractivity (Wildman–Crippen MR) is 81.3 cm³/mol. The average molecular weight is 335 g/mol. The highest BCUT2D eigenvalue weighted by Gasteiger charge is 2.26. The van der Waals surface area contributed by atoms with Crippen molar-refractivity contribution in [3.05, 3.63) is 17.3 Å². The molecule has 0 aromatic carbocycles. The summed E-state index contributed by atoms with van der Waals surface area (Å²) >= 11 is 7.61. The first-order valence-corrected chi connectivity index (χ1v) is 9.47. The molecular weight excluding hydrogens is 320 g/mol. The van der Waals surface area contributed by atoms with Gasteiger partial charge in [0, 0.05) is 37.8 Å². The third-order valence-corrected chi connectivity index (χ3v) is 5.79. The van der Waals surface area contributed by atoms with E-state index >= 15 is 0 Å². The molecule has 1 saturated heterocycles. The Morgan fingerprint density at radius 3 is 2.65 bits per heavy atom. The van der Waals surface area contributed by atoms with Gasteiger partial charge in [0.05, 0.1) is 17.8 Å². The van der Waals surface area contributed by atoms with Gasteiger partial charge in [-0.25, -0.2) is 13.4 Å². The van der Waals surface area contributed by atoms with Gasteiger partial charge in [-0.1, -0.05) is 0 Å². The predicted octanol–water partition coefficient (Wildman–Crippen LogP) is 1.22. The topological polar surface area (TPSA) is 57.9 Å². The zero-order valence-corrected chi connectivity index (χ0v) is 13.4. The van der Waals surface area contributed by atoms with Gasteiger partial charge in [-0.3, -0.25) is 4.40 Å². The molecule has 0 bridgehead atoms. The van der Waals surface area contributed by atoms with Gasteiger partial charge in [0.15, 0.2) is 10.8 Å². The Morgan fingerprint density at radius 1 is 1.35 bits per heavy atom. The number of hydrogen-bond donors (Lipinski definition) is 0. The SMILES string of the molecule is CS(=O)(=O)N1CCN(c2nc3sccn3c2CCl)CC1. The lowest BCUT2D eigenvalue weighted by atomic mass is 10.3. The van der Waals surface area contributed by atoms with E-state index in [2.05, 4.69) is 9.88 Å². The van der Waals surface area contributed by atoms with Crippen molar-refractivity contribution in [2.75, 3.05) is 37.3 Å². The van der Waals surface area contributed by atoms with E-state index in [0.717, 1.165) is 16.5 Å². The Balaban J connectivity index is 1.85. The minimum absolute atomic E-state index is 0.388. The molecule has 3 rings (SSSR count). The number of hydrogen-bond acceptors (Lipinski definition) is 5. The summed E-state index contributed by atoms with van der Waals surface area (Å²) in [4.78, 5) is 7.64. The second-order valence-electron chi connectivity index (χ2n) is 4.72. The number of halogens is 1. The Morgan fingerprint density at radius 2 is 2.05 bits per heavy atom. The zero-order chi connectivity index (χ0) is 14.3. The van der Waals surface area contributed by atoms with Gasteiger partial charge in [-0.2, -0.15) is 4.31 Å². The van der Waals surface area contributed by atoms with Crippen molar-refractivity contribution < 1.29 is 8.42 Å². The van der Waals surface area contributed by atoms with Crippen LogP contribution in [0.3, 0.4) is 0 Å². The van der Waals surface area contributed by atoms with Gasteiger partial charge in [-0.05, 0) is 0 Å². The van der Waals surface area contributed by atoms with Crippen molar-refractivity contribution >= 4 is 43.7 Å². The summed E-state index contributed by atoms with van der Waals surface area (Å²) in [6.45, 7) is 2.26. The van der Waals surface area contributed by atoms with E-state index < -0.39 is 10.0 Å². The molecule has 110 valence electrons. The third kappa shape index (κ3) is 2.41. The van der Waals surface area contributed by atoms with E-state index in [4.69, 9.17) is 11.6 Å². The van der Waals surface area contributed by atoms with Gasteiger partial charge < -0.3 is 4.90 Å². The number of sulfonamides is 1. The molecular formula is C11H15ClN4O2S2. The fourth-order valence-corrected chi connectivity index (χ4v) is 4.23. The van der Waals surface area contributed by atoms with Crippen LogP contribution in [0.25, 0.3) is 4.96 Å². The number of fused-ring (bicyclic) bond motifs is 1. The molecule has 0 aliphatic carbocycles. The molecule has 3 heterocycles. The van der Waals surface area contributed by atoms with Crippen molar-refractivity contribution in [3.8, 4) is 0 Å². The van der Waals surface area contributed by atoms with E-state index in [0.29, 0.717) is 32.1 Å². The van der Waals surface area contributed by atoms with Gasteiger partial charge in [0.2, 0.25) is 10.0 Å². The molecule has 1 aliphatic heterocycles. The number of thiazole rings is 1. The molecule has 0 unspecified atom stereocenters. The maximum atomic E-state index is 11.5. The van der Waals surface area contributed by atoms with E-state index in [1.807, 2.05) is 16.0 Å². The molecule has 0 radical (unpaired) electrons. The van der Waals surface area contributed by atoms with Crippen LogP contribution < -0.4 is 4.90 Å². The Labute approximate surface area is 126 Å². The molecule has 9 heteroatoms. The van der Waals surface area contributed by atoms with E-state index in [1.165, 1.54) is 10.6 Å². The maximum Gasteiger partial charge on any atom is 0.211 e. The zero-order valence-electron chi connectivity index (χ0n) is 11.0. The number of piperazine rings is 1. The van der Waals surface area contributed by atoms with Crippen molar-refractivity contribution in [2.45, 2.75) is 5.88 Å². The fourth-order valence-electron chi connectivity index (χ4n) is 2.43. The van der Waals surface area contributed by atoms with Crippen LogP contribution in [0, 0.1) is 0 Å². The summed E-state index contributed by atoms with van der Waals surface area (Å²) < 4.78 is 26.5. The van der Waals surface area contributed by atoms with E-state index in [-0.39, 0.29) is 0 Å². The summed E-state index contributed by atoms with van der Waals surface area (Å²) in [6.07, 6.45) is 3.21. The normalized spacial score (nSPS) is 18.0. The molecule has 20 heavy (non-hydrogen) atoms. The largest absolute Gasteiger partial charge is 0.352 e. The molecule has 1 aliphatic rings. The van der Waals surface area contributed by atoms with Gasteiger partial charge in [0.25, 0.3) is 0 Å². The first-order chi connectivity index (χ1) is 9.50. The lowest BCUT2D eigenvalue weighted by Crippen LogP contribution is -2.48. The van der Waals surface area contributed by atoms with Crippen LogP contribution in [0.5, 0.6) is 0 Å². The van der Waals surface area contributed by atoms with Gasteiger partial charge in [0.1, 0.15) is 0 Å². The standard InChI is InChI=1S/C11H15ClN4O2S2/c1-20(17,18)15-4-2-14(3-5-15)10-9(8-12)16-6-7-19-11(16)13-10/h6-7H,2-5,8H2,1H3. The molecule has 2 aromatic heterocycles. The van der Waals surface area contributed by atoms with Crippen molar-refractivity contribution in [3.63, 3.8) is 0 Å². The highest BCUT2D eigenvalue weighted by Crippen LogP contribution is 2.27. The number of rotatable bonds is 3. The Hall–Kier alpha value is -0.830. The monoisotopic (exact) mass is 334 g/mol. The first kappa shape index (κ1) is 14.1. The van der Waals surface area contributed by atoms with Crippen LogP contribution in [0.4, 0.5) is 5.82 Å². The van der Waals surface area contributed by atoms with Crippen molar-refractivity contribution in [1.82, 2.24) is 13.7 Å². The lowest BCUT2D eigenvalue weighted by Gasteiger charge is -2.33. The summed E-state index contributed by atoms with van der Waals surface area (Å²) in [6, 6.07) is 0. The van der Waals surface area contributed by atoms with Gasteiger partial charge >= 0.3 is 0 Å². The number of alkyl halides is 1. The van der Waals surface area contributed by atoms with E-state index in [1.54, 1.807) is 11.3 Å². The van der Waals surface area contributed by atoms with Crippen LogP contribution in [-0.2, 0) is 15.9 Å². The molecule has 6 nitrogen and oxygen atoms in total. The summed E-state index contributed by atoms with van der Waals surface area (Å²) in [7, 11) is -3.10. The second-order valence-corrected chi connectivity index (χ2v) is 7.84. The summed E-state index contributed by atoms with van der Waals surface area (Å²) in [5, 5.41) is 1.98. The molecule has 2 aromatic rings. The van der Waals surface area contributed by atoms with Crippen molar-refractivity contribution in [2.24, 2.45) is 0 Å².